The zero-order valence-electron chi connectivity index (χ0n) is 11.8. The molecule has 9 heteroatoms. The SMILES string of the molecule is Cl.NC1CCN(S(=O)(=O)c2cc3c(cc2Cl)OCCO3)CC1. The third-order valence-electron chi connectivity index (χ3n) is 3.71. The molecule has 1 aromatic carbocycles. The summed E-state index contributed by atoms with van der Waals surface area (Å²) in [6.07, 6.45) is 1.31. The van der Waals surface area contributed by atoms with Gasteiger partial charge >= 0.3 is 0 Å². The molecule has 124 valence electrons. The quantitative estimate of drug-likeness (QED) is 0.857. The highest BCUT2D eigenvalue weighted by Gasteiger charge is 2.31. The van der Waals surface area contributed by atoms with E-state index in [0.717, 1.165) is 0 Å². The lowest BCUT2D eigenvalue weighted by atomic mass is 10.1. The van der Waals surface area contributed by atoms with Crippen LogP contribution in [0.1, 0.15) is 12.8 Å². The fourth-order valence-electron chi connectivity index (χ4n) is 2.50. The molecule has 2 aliphatic heterocycles. The highest BCUT2D eigenvalue weighted by atomic mass is 35.5. The van der Waals surface area contributed by atoms with Crippen LogP contribution in [0.5, 0.6) is 11.5 Å². The Morgan fingerprint density at radius 2 is 1.68 bits per heavy atom. The minimum atomic E-state index is -3.64. The summed E-state index contributed by atoms with van der Waals surface area (Å²) in [6.45, 7) is 1.65. The van der Waals surface area contributed by atoms with Gasteiger partial charge in [-0.05, 0) is 12.8 Å². The summed E-state index contributed by atoms with van der Waals surface area (Å²) in [4.78, 5) is 0.0592. The molecule has 0 saturated carbocycles. The van der Waals surface area contributed by atoms with E-state index in [1.54, 1.807) is 0 Å². The monoisotopic (exact) mass is 368 g/mol. The van der Waals surface area contributed by atoms with Gasteiger partial charge in [-0.15, -0.1) is 12.4 Å². The van der Waals surface area contributed by atoms with E-state index in [1.807, 2.05) is 0 Å². The number of sulfonamides is 1. The Balaban J connectivity index is 0.00000176. The molecular formula is C13H18Cl2N2O4S. The van der Waals surface area contributed by atoms with Crippen LogP contribution in [0.3, 0.4) is 0 Å². The van der Waals surface area contributed by atoms with E-state index in [-0.39, 0.29) is 28.4 Å². The van der Waals surface area contributed by atoms with E-state index >= 15 is 0 Å². The zero-order chi connectivity index (χ0) is 15.0. The smallest absolute Gasteiger partial charge is 0.244 e. The number of nitrogens with zero attached hydrogens (tertiary/aromatic N) is 1. The number of nitrogens with two attached hydrogens (primary N) is 1. The van der Waals surface area contributed by atoms with E-state index < -0.39 is 10.0 Å². The van der Waals surface area contributed by atoms with Crippen LogP contribution in [0.4, 0.5) is 0 Å². The van der Waals surface area contributed by atoms with Crippen molar-refractivity contribution in [2.24, 2.45) is 5.73 Å². The molecule has 2 heterocycles. The van der Waals surface area contributed by atoms with E-state index in [9.17, 15) is 8.42 Å². The first-order valence-electron chi connectivity index (χ1n) is 6.83. The predicted molar refractivity (Wildman–Crippen MR) is 85.7 cm³/mol. The number of hydrogen-bond donors (Lipinski definition) is 1. The van der Waals surface area contributed by atoms with Crippen molar-refractivity contribution in [1.82, 2.24) is 4.31 Å². The zero-order valence-corrected chi connectivity index (χ0v) is 14.2. The summed E-state index contributed by atoms with van der Waals surface area (Å²) in [7, 11) is -3.64. The Morgan fingerprint density at radius 1 is 1.14 bits per heavy atom. The van der Waals surface area contributed by atoms with Gasteiger partial charge in [0.2, 0.25) is 10.0 Å². The van der Waals surface area contributed by atoms with Crippen LogP contribution < -0.4 is 15.2 Å². The number of piperidine rings is 1. The maximum Gasteiger partial charge on any atom is 0.244 e. The molecule has 2 N–H and O–H groups in total. The van der Waals surface area contributed by atoms with Crippen LogP contribution in [-0.4, -0.2) is 45.1 Å². The van der Waals surface area contributed by atoms with Crippen molar-refractivity contribution in [3.8, 4) is 11.5 Å². The second kappa shape index (κ2) is 6.80. The largest absolute Gasteiger partial charge is 0.486 e. The predicted octanol–water partition coefficient (Wildman–Crippen LogP) is 1.64. The maximum absolute atomic E-state index is 12.7. The van der Waals surface area contributed by atoms with Crippen molar-refractivity contribution in [1.29, 1.82) is 0 Å². The average molecular weight is 369 g/mol. The molecule has 0 radical (unpaired) electrons. The third-order valence-corrected chi connectivity index (χ3v) is 6.08. The van der Waals surface area contributed by atoms with Gasteiger partial charge in [-0.3, -0.25) is 0 Å². The molecule has 0 unspecified atom stereocenters. The van der Waals surface area contributed by atoms with E-state index in [0.29, 0.717) is 50.6 Å². The number of rotatable bonds is 2. The molecule has 1 fully saturated rings. The first-order valence-corrected chi connectivity index (χ1v) is 8.65. The maximum atomic E-state index is 12.7. The van der Waals surface area contributed by atoms with Crippen molar-refractivity contribution in [3.05, 3.63) is 17.2 Å². The van der Waals surface area contributed by atoms with Gasteiger partial charge in [0.05, 0.1) is 5.02 Å². The number of hydrogen-bond acceptors (Lipinski definition) is 5. The van der Waals surface area contributed by atoms with Crippen molar-refractivity contribution in [2.45, 2.75) is 23.8 Å². The van der Waals surface area contributed by atoms with Crippen molar-refractivity contribution < 1.29 is 17.9 Å². The number of fused-ring (bicyclic) bond motifs is 1. The average Bonchev–Trinajstić information content (AvgIpc) is 2.47. The third kappa shape index (κ3) is 3.28. The van der Waals surface area contributed by atoms with Gasteiger partial charge in [0, 0.05) is 31.3 Å². The van der Waals surface area contributed by atoms with Crippen LogP contribution in [0.25, 0.3) is 0 Å². The topological polar surface area (TPSA) is 81.9 Å². The summed E-state index contributed by atoms with van der Waals surface area (Å²) in [5.74, 6) is 0.892. The van der Waals surface area contributed by atoms with Crippen LogP contribution in [0, 0.1) is 0 Å². The summed E-state index contributed by atoms with van der Waals surface area (Å²) in [5.41, 5.74) is 5.82. The van der Waals surface area contributed by atoms with Gasteiger partial charge < -0.3 is 15.2 Å². The summed E-state index contributed by atoms with van der Waals surface area (Å²) in [5, 5.41) is 0.147. The second-order valence-electron chi connectivity index (χ2n) is 5.17. The Bertz CT molecular complexity index is 646. The van der Waals surface area contributed by atoms with Gasteiger partial charge in [-0.2, -0.15) is 4.31 Å². The summed E-state index contributed by atoms with van der Waals surface area (Å²) in [6, 6.07) is 3.01. The van der Waals surface area contributed by atoms with Gasteiger partial charge in [0.15, 0.2) is 11.5 Å². The van der Waals surface area contributed by atoms with Gasteiger partial charge in [0.25, 0.3) is 0 Å². The van der Waals surface area contributed by atoms with E-state index in [1.165, 1.54) is 16.4 Å². The molecule has 0 aliphatic carbocycles. The summed E-state index contributed by atoms with van der Waals surface area (Å²) < 4.78 is 37.7. The molecule has 0 atom stereocenters. The molecule has 1 aromatic rings. The normalized spacial score (nSPS) is 19.5. The summed E-state index contributed by atoms with van der Waals surface area (Å²) >= 11 is 6.13. The molecule has 0 spiro atoms. The Morgan fingerprint density at radius 3 is 2.27 bits per heavy atom. The number of halogens is 2. The van der Waals surface area contributed by atoms with Crippen molar-refractivity contribution in [3.63, 3.8) is 0 Å². The highest BCUT2D eigenvalue weighted by Crippen LogP contribution is 2.38. The minimum Gasteiger partial charge on any atom is -0.486 e. The van der Waals surface area contributed by atoms with Crippen molar-refractivity contribution in [2.75, 3.05) is 26.3 Å². The lowest BCUT2D eigenvalue weighted by Gasteiger charge is -2.30. The van der Waals surface area contributed by atoms with Crippen LogP contribution in [0.2, 0.25) is 5.02 Å². The Kier molecular flexibility index (Phi) is 5.45. The van der Waals surface area contributed by atoms with Gasteiger partial charge in [-0.1, -0.05) is 11.6 Å². The fraction of sp³-hybridized carbons (Fsp3) is 0.538. The van der Waals surface area contributed by atoms with E-state index in [2.05, 4.69) is 0 Å². The molecule has 0 aromatic heterocycles. The number of ether oxygens (including phenoxy) is 2. The number of benzene rings is 1. The standard InChI is InChI=1S/C13H17ClN2O4S.ClH/c14-10-7-11-12(20-6-5-19-11)8-13(10)21(17,18)16-3-1-9(15)2-4-16;/h7-9H,1-6,15H2;1H. The molecule has 22 heavy (non-hydrogen) atoms. The van der Waals surface area contributed by atoms with Crippen LogP contribution in [-0.2, 0) is 10.0 Å². The fourth-order valence-corrected chi connectivity index (χ4v) is 4.48. The highest BCUT2D eigenvalue weighted by molar-refractivity contribution is 7.89. The molecule has 0 bridgehead atoms. The van der Waals surface area contributed by atoms with Crippen LogP contribution >= 0.6 is 24.0 Å². The second-order valence-corrected chi connectivity index (χ2v) is 7.48. The van der Waals surface area contributed by atoms with Gasteiger partial charge in [-0.25, -0.2) is 8.42 Å². The van der Waals surface area contributed by atoms with Crippen LogP contribution in [0.15, 0.2) is 17.0 Å². The lowest BCUT2D eigenvalue weighted by molar-refractivity contribution is 0.171. The first-order chi connectivity index (χ1) is 9.98. The molecule has 1 saturated heterocycles. The Hall–Kier alpha value is -0.730. The van der Waals surface area contributed by atoms with E-state index in [4.69, 9.17) is 26.8 Å². The molecule has 0 amide bonds. The molecule has 6 nitrogen and oxygen atoms in total. The van der Waals surface area contributed by atoms with Gasteiger partial charge in [0.1, 0.15) is 18.1 Å². The lowest BCUT2D eigenvalue weighted by Crippen LogP contribution is -2.42. The van der Waals surface area contributed by atoms with Crippen molar-refractivity contribution >= 4 is 34.0 Å². The molecule has 3 rings (SSSR count). The molecular weight excluding hydrogens is 351 g/mol. The Labute approximate surface area is 141 Å². The molecule has 2 aliphatic rings. The minimum absolute atomic E-state index is 0. The first kappa shape index (κ1) is 17.6.